The number of hydrogen-bond acceptors (Lipinski definition) is 2. The van der Waals surface area contributed by atoms with Gasteiger partial charge in [0.05, 0.1) is 5.56 Å². The van der Waals surface area contributed by atoms with Crippen LogP contribution in [0.15, 0.2) is 42.5 Å². The molecule has 0 aromatic heterocycles. The molecule has 1 heterocycles. The molecule has 5 heteroatoms. The van der Waals surface area contributed by atoms with Crippen LogP contribution in [0, 0.1) is 0 Å². The van der Waals surface area contributed by atoms with E-state index < -0.39 is 11.7 Å². The van der Waals surface area contributed by atoms with Gasteiger partial charge >= 0.3 is 6.18 Å². The molecule has 2 aromatic carbocycles. The molecule has 2 nitrogen and oxygen atoms in total. The predicted octanol–water partition coefficient (Wildman–Crippen LogP) is 3.93. The summed E-state index contributed by atoms with van der Waals surface area (Å²) in [6.45, 7) is 2.13. The normalized spacial score (nSPS) is 14.5. The van der Waals surface area contributed by atoms with Crippen molar-refractivity contribution < 1.29 is 17.9 Å². The third-order valence-corrected chi connectivity index (χ3v) is 3.82. The van der Waals surface area contributed by atoms with Crippen LogP contribution in [-0.2, 0) is 25.7 Å². The number of rotatable bonds is 3. The topological polar surface area (TPSA) is 21.3 Å². The minimum Gasteiger partial charge on any atom is -0.489 e. The number of ether oxygens (including phenoxy) is 1. The Morgan fingerprint density at radius 3 is 2.55 bits per heavy atom. The Morgan fingerprint density at radius 1 is 1.05 bits per heavy atom. The summed E-state index contributed by atoms with van der Waals surface area (Å²) in [5.41, 5.74) is 2.96. The zero-order valence-corrected chi connectivity index (χ0v) is 11.9. The summed E-state index contributed by atoms with van der Waals surface area (Å²) in [4.78, 5) is 0. The van der Waals surface area contributed by atoms with Gasteiger partial charge in [0.25, 0.3) is 0 Å². The molecule has 0 bridgehead atoms. The van der Waals surface area contributed by atoms with Crippen molar-refractivity contribution >= 4 is 0 Å². The SMILES string of the molecule is FC(F)(F)c1ccc(OCc2cccc3c2CNCC3)cc1. The molecule has 0 atom stereocenters. The van der Waals surface area contributed by atoms with Crippen molar-refractivity contribution in [3.63, 3.8) is 0 Å². The lowest BCUT2D eigenvalue weighted by Gasteiger charge is -2.20. The zero-order chi connectivity index (χ0) is 15.6. The molecule has 2 aromatic rings. The second-order valence-electron chi connectivity index (χ2n) is 5.29. The van der Waals surface area contributed by atoms with E-state index in [9.17, 15) is 13.2 Å². The van der Waals surface area contributed by atoms with Crippen molar-refractivity contribution in [1.29, 1.82) is 0 Å². The summed E-state index contributed by atoms with van der Waals surface area (Å²) in [6.07, 6.45) is -3.33. The van der Waals surface area contributed by atoms with E-state index >= 15 is 0 Å². The van der Waals surface area contributed by atoms with Crippen LogP contribution >= 0.6 is 0 Å². The van der Waals surface area contributed by atoms with Crippen molar-refractivity contribution in [2.24, 2.45) is 0 Å². The number of alkyl halides is 3. The lowest BCUT2D eigenvalue weighted by atomic mass is 9.96. The first-order valence-electron chi connectivity index (χ1n) is 7.14. The minimum atomic E-state index is -4.32. The number of benzene rings is 2. The second-order valence-corrected chi connectivity index (χ2v) is 5.29. The van der Waals surface area contributed by atoms with Gasteiger partial charge in [0.2, 0.25) is 0 Å². The van der Waals surface area contributed by atoms with E-state index in [4.69, 9.17) is 4.74 Å². The third kappa shape index (κ3) is 3.25. The summed E-state index contributed by atoms with van der Waals surface area (Å²) in [6, 6.07) is 10.9. The van der Waals surface area contributed by atoms with E-state index in [1.165, 1.54) is 23.3 Å². The highest BCUT2D eigenvalue weighted by molar-refractivity contribution is 5.37. The van der Waals surface area contributed by atoms with E-state index in [-0.39, 0.29) is 0 Å². The summed E-state index contributed by atoms with van der Waals surface area (Å²) >= 11 is 0. The maximum absolute atomic E-state index is 12.5. The van der Waals surface area contributed by atoms with Gasteiger partial charge in [-0.3, -0.25) is 0 Å². The fourth-order valence-electron chi connectivity index (χ4n) is 2.62. The van der Waals surface area contributed by atoms with E-state index in [1.807, 2.05) is 12.1 Å². The molecule has 0 radical (unpaired) electrons. The van der Waals surface area contributed by atoms with E-state index in [2.05, 4.69) is 11.4 Å². The third-order valence-electron chi connectivity index (χ3n) is 3.82. The van der Waals surface area contributed by atoms with Crippen LogP contribution in [-0.4, -0.2) is 6.54 Å². The Bertz CT molecular complexity index is 650. The Kier molecular flexibility index (Phi) is 4.07. The fourth-order valence-corrected chi connectivity index (χ4v) is 2.62. The Morgan fingerprint density at radius 2 is 1.82 bits per heavy atom. The van der Waals surface area contributed by atoms with Crippen molar-refractivity contribution in [3.05, 3.63) is 64.7 Å². The summed E-state index contributed by atoms with van der Waals surface area (Å²) in [5.74, 6) is 0.439. The number of nitrogens with one attached hydrogen (secondary N) is 1. The van der Waals surface area contributed by atoms with Gasteiger partial charge < -0.3 is 10.1 Å². The highest BCUT2D eigenvalue weighted by Crippen LogP contribution is 2.30. The number of hydrogen-bond donors (Lipinski definition) is 1. The Hall–Kier alpha value is -2.01. The first-order chi connectivity index (χ1) is 10.5. The van der Waals surface area contributed by atoms with E-state index in [0.29, 0.717) is 12.4 Å². The molecule has 1 N–H and O–H groups in total. The Balaban J connectivity index is 1.70. The predicted molar refractivity (Wildman–Crippen MR) is 77.6 cm³/mol. The summed E-state index contributed by atoms with van der Waals surface area (Å²) < 4.78 is 43.2. The van der Waals surface area contributed by atoms with E-state index in [0.717, 1.165) is 37.2 Å². The van der Waals surface area contributed by atoms with Gasteiger partial charge in [0, 0.05) is 6.54 Å². The average molecular weight is 307 g/mol. The molecule has 0 aliphatic carbocycles. The van der Waals surface area contributed by atoms with Gasteiger partial charge in [-0.05, 0) is 53.9 Å². The van der Waals surface area contributed by atoms with Gasteiger partial charge in [-0.1, -0.05) is 18.2 Å². The molecule has 1 aliphatic rings. The summed E-state index contributed by atoms with van der Waals surface area (Å²) in [5, 5.41) is 3.32. The maximum atomic E-state index is 12.5. The van der Waals surface area contributed by atoms with Crippen LogP contribution in [0.25, 0.3) is 0 Å². The quantitative estimate of drug-likeness (QED) is 0.927. The lowest BCUT2D eigenvalue weighted by molar-refractivity contribution is -0.137. The van der Waals surface area contributed by atoms with Gasteiger partial charge in [0.1, 0.15) is 12.4 Å². The van der Waals surface area contributed by atoms with Gasteiger partial charge in [0.15, 0.2) is 0 Å². The molecule has 0 unspecified atom stereocenters. The van der Waals surface area contributed by atoms with Crippen LogP contribution in [0.1, 0.15) is 22.3 Å². The van der Waals surface area contributed by atoms with Gasteiger partial charge in [-0.25, -0.2) is 0 Å². The lowest BCUT2D eigenvalue weighted by Crippen LogP contribution is -2.25. The van der Waals surface area contributed by atoms with Gasteiger partial charge in [-0.15, -0.1) is 0 Å². The van der Waals surface area contributed by atoms with Crippen LogP contribution in [0.4, 0.5) is 13.2 Å². The number of halogens is 3. The van der Waals surface area contributed by atoms with Crippen LogP contribution < -0.4 is 10.1 Å². The van der Waals surface area contributed by atoms with Crippen LogP contribution in [0.2, 0.25) is 0 Å². The van der Waals surface area contributed by atoms with Crippen LogP contribution in [0.5, 0.6) is 5.75 Å². The smallest absolute Gasteiger partial charge is 0.416 e. The fraction of sp³-hybridized carbons (Fsp3) is 0.294. The standard InChI is InChI=1S/C17H16F3NO/c18-17(19,20)14-4-6-15(7-5-14)22-11-13-3-1-2-12-8-9-21-10-16(12)13/h1-7,21H,8-11H2. The molecule has 0 saturated carbocycles. The largest absolute Gasteiger partial charge is 0.489 e. The average Bonchev–Trinajstić information content (AvgIpc) is 2.52. The second kappa shape index (κ2) is 6.01. The van der Waals surface area contributed by atoms with Crippen LogP contribution in [0.3, 0.4) is 0 Å². The van der Waals surface area contributed by atoms with Crippen molar-refractivity contribution in [3.8, 4) is 5.75 Å². The van der Waals surface area contributed by atoms with E-state index in [1.54, 1.807) is 0 Å². The number of fused-ring (bicyclic) bond motifs is 1. The molecular formula is C17H16F3NO. The van der Waals surface area contributed by atoms with Gasteiger partial charge in [-0.2, -0.15) is 13.2 Å². The highest BCUT2D eigenvalue weighted by Gasteiger charge is 2.30. The molecule has 0 fully saturated rings. The molecule has 116 valence electrons. The monoisotopic (exact) mass is 307 g/mol. The first kappa shape index (κ1) is 14.9. The minimum absolute atomic E-state index is 0.357. The molecule has 1 aliphatic heterocycles. The van der Waals surface area contributed by atoms with Crippen molar-refractivity contribution in [1.82, 2.24) is 5.32 Å². The summed E-state index contributed by atoms with van der Waals surface area (Å²) in [7, 11) is 0. The molecule has 0 amide bonds. The van der Waals surface area contributed by atoms with Crippen molar-refractivity contribution in [2.75, 3.05) is 6.54 Å². The molecule has 22 heavy (non-hydrogen) atoms. The maximum Gasteiger partial charge on any atom is 0.416 e. The zero-order valence-electron chi connectivity index (χ0n) is 11.9. The molecular weight excluding hydrogens is 291 g/mol. The Labute approximate surface area is 126 Å². The highest BCUT2D eigenvalue weighted by atomic mass is 19.4. The van der Waals surface area contributed by atoms with Crippen molar-refractivity contribution in [2.45, 2.75) is 25.7 Å². The molecule has 0 spiro atoms. The first-order valence-corrected chi connectivity index (χ1v) is 7.14. The molecule has 0 saturated heterocycles. The molecule has 3 rings (SSSR count).